The van der Waals surface area contributed by atoms with E-state index in [9.17, 15) is 9.59 Å². The molecule has 2 rings (SSSR count). The third-order valence-electron chi connectivity index (χ3n) is 2.51. The first-order chi connectivity index (χ1) is 7.66. The first-order valence-electron chi connectivity index (χ1n) is 5.15. The van der Waals surface area contributed by atoms with Crippen molar-refractivity contribution in [1.82, 2.24) is 10.3 Å². The number of thiazole rings is 1. The van der Waals surface area contributed by atoms with E-state index >= 15 is 0 Å². The van der Waals surface area contributed by atoms with Crippen LogP contribution in [0.3, 0.4) is 0 Å². The maximum Gasteiger partial charge on any atom is 0.230 e. The Kier molecular flexibility index (Phi) is 5.04. The molecule has 0 aromatic carbocycles. The molecule has 1 saturated heterocycles. The lowest BCUT2D eigenvalue weighted by Gasteiger charge is -2.06. The summed E-state index contributed by atoms with van der Waals surface area (Å²) < 4.78 is 0. The molecule has 5 nitrogen and oxygen atoms in total. The third kappa shape index (κ3) is 3.49. The second-order valence-corrected chi connectivity index (χ2v) is 4.80. The van der Waals surface area contributed by atoms with E-state index in [2.05, 4.69) is 15.6 Å². The number of aromatic nitrogens is 1. The van der Waals surface area contributed by atoms with Gasteiger partial charge in [-0.05, 0) is 13.0 Å². The minimum Gasteiger partial charge on any atom is -0.316 e. The van der Waals surface area contributed by atoms with Crippen molar-refractivity contribution in [3.05, 3.63) is 11.1 Å². The predicted octanol–water partition coefficient (Wildman–Crippen LogP) is 1.32. The number of hydrogen-bond donors (Lipinski definition) is 2. The molecule has 1 aliphatic heterocycles. The average molecular weight is 276 g/mol. The number of carbonyl (C=O) groups is 2. The van der Waals surface area contributed by atoms with Crippen LogP contribution in [0.15, 0.2) is 6.20 Å². The number of hydrogen-bond acceptors (Lipinski definition) is 5. The molecule has 1 aliphatic rings. The molecule has 17 heavy (non-hydrogen) atoms. The summed E-state index contributed by atoms with van der Waals surface area (Å²) in [6.45, 7) is 3.09. The SMILES string of the molecule is CC(=O)c1cnc(NC(=O)C2CCNC2)s1.Cl. The zero-order valence-corrected chi connectivity index (χ0v) is 11.0. The molecule has 1 atom stereocenters. The van der Waals surface area contributed by atoms with Crippen LogP contribution in [-0.4, -0.2) is 29.8 Å². The Labute approximate surface area is 109 Å². The summed E-state index contributed by atoms with van der Waals surface area (Å²) in [7, 11) is 0. The highest BCUT2D eigenvalue weighted by molar-refractivity contribution is 7.17. The van der Waals surface area contributed by atoms with Crippen molar-refractivity contribution in [2.45, 2.75) is 13.3 Å². The Balaban J connectivity index is 0.00000144. The molecule has 94 valence electrons. The molecule has 2 heterocycles. The van der Waals surface area contributed by atoms with Crippen LogP contribution >= 0.6 is 23.7 Å². The van der Waals surface area contributed by atoms with Crippen LogP contribution in [0.2, 0.25) is 0 Å². The number of ketones is 1. The zero-order chi connectivity index (χ0) is 11.5. The highest BCUT2D eigenvalue weighted by Gasteiger charge is 2.23. The van der Waals surface area contributed by atoms with Crippen LogP contribution in [0.5, 0.6) is 0 Å². The quantitative estimate of drug-likeness (QED) is 0.816. The van der Waals surface area contributed by atoms with Crippen molar-refractivity contribution in [3.63, 3.8) is 0 Å². The number of nitrogens with one attached hydrogen (secondary N) is 2. The highest BCUT2D eigenvalue weighted by Crippen LogP contribution is 2.20. The summed E-state index contributed by atoms with van der Waals surface area (Å²) in [6, 6.07) is 0. The van der Waals surface area contributed by atoms with Crippen LogP contribution in [0.1, 0.15) is 23.0 Å². The monoisotopic (exact) mass is 275 g/mol. The normalized spacial score (nSPS) is 18.5. The smallest absolute Gasteiger partial charge is 0.230 e. The minimum atomic E-state index is -0.0273. The maximum absolute atomic E-state index is 11.7. The molecule has 7 heteroatoms. The summed E-state index contributed by atoms with van der Waals surface area (Å²) in [6.07, 6.45) is 2.35. The van der Waals surface area contributed by atoms with Crippen molar-refractivity contribution >= 4 is 40.6 Å². The van der Waals surface area contributed by atoms with E-state index in [-0.39, 0.29) is 30.0 Å². The van der Waals surface area contributed by atoms with Gasteiger partial charge in [-0.1, -0.05) is 11.3 Å². The molecule has 1 aromatic rings. The van der Waals surface area contributed by atoms with Gasteiger partial charge in [0.1, 0.15) is 0 Å². The van der Waals surface area contributed by atoms with Gasteiger partial charge in [-0.25, -0.2) is 4.98 Å². The van der Waals surface area contributed by atoms with Gasteiger partial charge in [-0.15, -0.1) is 12.4 Å². The number of nitrogens with zero attached hydrogens (tertiary/aromatic N) is 1. The first kappa shape index (κ1) is 14.1. The van der Waals surface area contributed by atoms with Crippen molar-refractivity contribution < 1.29 is 9.59 Å². The van der Waals surface area contributed by atoms with Gasteiger partial charge in [-0.3, -0.25) is 9.59 Å². The van der Waals surface area contributed by atoms with Crippen molar-refractivity contribution in [2.75, 3.05) is 18.4 Å². The van der Waals surface area contributed by atoms with E-state index < -0.39 is 0 Å². The van der Waals surface area contributed by atoms with Gasteiger partial charge in [0.05, 0.1) is 17.0 Å². The largest absolute Gasteiger partial charge is 0.316 e. The van der Waals surface area contributed by atoms with Crippen molar-refractivity contribution in [1.29, 1.82) is 0 Å². The molecule has 1 unspecified atom stereocenters. The molecule has 0 aliphatic carbocycles. The Morgan fingerprint density at radius 2 is 2.35 bits per heavy atom. The molecular formula is C10H14ClN3O2S. The number of carbonyl (C=O) groups excluding carboxylic acids is 2. The van der Waals surface area contributed by atoms with E-state index in [1.165, 1.54) is 24.5 Å². The van der Waals surface area contributed by atoms with Crippen molar-refractivity contribution in [3.8, 4) is 0 Å². The maximum atomic E-state index is 11.7. The van der Waals surface area contributed by atoms with E-state index in [0.717, 1.165) is 19.5 Å². The van der Waals surface area contributed by atoms with Gasteiger partial charge in [0.25, 0.3) is 0 Å². The fourth-order valence-electron chi connectivity index (χ4n) is 1.58. The fraction of sp³-hybridized carbons (Fsp3) is 0.500. The molecular weight excluding hydrogens is 262 g/mol. The molecule has 0 spiro atoms. The highest BCUT2D eigenvalue weighted by atomic mass is 35.5. The molecule has 0 radical (unpaired) electrons. The molecule has 0 bridgehead atoms. The second-order valence-electron chi connectivity index (χ2n) is 3.76. The van der Waals surface area contributed by atoms with Gasteiger partial charge in [0.2, 0.25) is 5.91 Å². The lowest BCUT2D eigenvalue weighted by atomic mass is 10.1. The third-order valence-corrected chi connectivity index (χ3v) is 3.53. The lowest BCUT2D eigenvalue weighted by molar-refractivity contribution is -0.119. The summed E-state index contributed by atoms with van der Waals surface area (Å²) >= 11 is 1.22. The summed E-state index contributed by atoms with van der Waals surface area (Å²) in [5, 5.41) is 6.37. The summed E-state index contributed by atoms with van der Waals surface area (Å²) in [5.41, 5.74) is 0. The standard InChI is InChI=1S/C10H13N3O2S.ClH/c1-6(14)8-5-12-10(16-8)13-9(15)7-2-3-11-4-7;/h5,7,11H,2-4H2,1H3,(H,12,13,15);1H. The Morgan fingerprint density at radius 1 is 1.59 bits per heavy atom. The Hall–Kier alpha value is -0.980. The topological polar surface area (TPSA) is 71.1 Å². The van der Waals surface area contributed by atoms with Gasteiger partial charge < -0.3 is 10.6 Å². The molecule has 0 saturated carbocycles. The summed E-state index contributed by atoms with van der Waals surface area (Å²) in [4.78, 5) is 27.3. The van der Waals surface area contributed by atoms with Crippen LogP contribution in [0.25, 0.3) is 0 Å². The van der Waals surface area contributed by atoms with Gasteiger partial charge in [0, 0.05) is 13.5 Å². The molecule has 2 N–H and O–H groups in total. The first-order valence-corrected chi connectivity index (χ1v) is 5.97. The Bertz CT molecular complexity index is 415. The number of rotatable bonds is 3. The van der Waals surface area contributed by atoms with E-state index in [1.54, 1.807) is 0 Å². The van der Waals surface area contributed by atoms with Crippen molar-refractivity contribution in [2.24, 2.45) is 5.92 Å². The summed E-state index contributed by atoms with van der Waals surface area (Å²) in [5.74, 6) is -0.0281. The van der Waals surface area contributed by atoms with Crippen LogP contribution < -0.4 is 10.6 Å². The van der Waals surface area contributed by atoms with E-state index in [1.807, 2.05) is 0 Å². The number of Topliss-reactive ketones (excluding diaryl/α,β-unsaturated/α-hetero) is 1. The molecule has 1 amide bonds. The van der Waals surface area contributed by atoms with E-state index in [4.69, 9.17) is 0 Å². The van der Waals surface area contributed by atoms with Crippen LogP contribution in [0.4, 0.5) is 5.13 Å². The Morgan fingerprint density at radius 3 is 2.88 bits per heavy atom. The number of halogens is 1. The minimum absolute atomic E-state index is 0. The molecule has 1 aromatic heterocycles. The van der Waals surface area contributed by atoms with Gasteiger partial charge >= 0.3 is 0 Å². The van der Waals surface area contributed by atoms with Crippen LogP contribution in [0, 0.1) is 5.92 Å². The molecule has 1 fully saturated rings. The van der Waals surface area contributed by atoms with Crippen LogP contribution in [-0.2, 0) is 4.79 Å². The number of anilines is 1. The predicted molar refractivity (Wildman–Crippen MR) is 69.0 cm³/mol. The lowest BCUT2D eigenvalue weighted by Crippen LogP contribution is -2.24. The van der Waals surface area contributed by atoms with Gasteiger partial charge in [0.15, 0.2) is 10.9 Å². The second kappa shape index (κ2) is 6.09. The van der Waals surface area contributed by atoms with E-state index in [0.29, 0.717) is 10.0 Å². The number of amides is 1. The van der Waals surface area contributed by atoms with Gasteiger partial charge in [-0.2, -0.15) is 0 Å². The average Bonchev–Trinajstić information content (AvgIpc) is 2.87. The zero-order valence-electron chi connectivity index (χ0n) is 9.36. The fourth-order valence-corrected chi connectivity index (χ4v) is 2.30.